The van der Waals surface area contributed by atoms with E-state index in [-0.39, 0.29) is 25.1 Å². The molecule has 1 aromatic rings. The number of nitrogens with one attached hydrogen (secondary N) is 1. The number of benzene rings is 1. The van der Waals surface area contributed by atoms with Gasteiger partial charge in [0.05, 0.1) is 13.7 Å². The third-order valence-electron chi connectivity index (χ3n) is 4.85. The summed E-state index contributed by atoms with van der Waals surface area (Å²) in [7, 11) is 1.61. The fraction of sp³-hybridized carbons (Fsp3) is 0.556. The van der Waals surface area contributed by atoms with E-state index in [0.717, 1.165) is 44.3 Å². The molecule has 1 heterocycles. The van der Waals surface area contributed by atoms with Gasteiger partial charge >= 0.3 is 6.03 Å². The molecule has 0 atom stereocenters. The molecular weight excluding hydrogens is 308 g/mol. The molecule has 0 bridgehead atoms. The molecule has 6 nitrogen and oxygen atoms in total. The number of hydrogen-bond donors (Lipinski definition) is 1. The Morgan fingerprint density at radius 2 is 1.67 bits per heavy atom. The fourth-order valence-corrected chi connectivity index (χ4v) is 3.48. The Morgan fingerprint density at radius 3 is 2.29 bits per heavy atom. The molecule has 0 unspecified atom stereocenters. The number of carbonyl (C=O) groups excluding carboxylic acids is 2. The summed E-state index contributed by atoms with van der Waals surface area (Å²) in [6, 6.07) is 6.93. The van der Waals surface area contributed by atoms with Crippen LogP contribution in [-0.2, 0) is 4.79 Å². The number of nitrogens with zero attached hydrogens (tertiary/aromatic N) is 1. The topological polar surface area (TPSA) is 67.9 Å². The van der Waals surface area contributed by atoms with Crippen LogP contribution in [0.25, 0.3) is 0 Å². The minimum atomic E-state index is -0.673. The van der Waals surface area contributed by atoms with Crippen molar-refractivity contribution in [2.45, 2.75) is 44.1 Å². The smallest absolute Gasteiger partial charge is 0.325 e. The van der Waals surface area contributed by atoms with Gasteiger partial charge in [0.2, 0.25) is 0 Å². The number of imide groups is 1. The Hall–Kier alpha value is -2.24. The molecule has 3 rings (SSSR count). The lowest BCUT2D eigenvalue weighted by atomic mass is 9.90. The molecule has 2 fully saturated rings. The van der Waals surface area contributed by atoms with Crippen LogP contribution in [0.15, 0.2) is 24.3 Å². The summed E-state index contributed by atoms with van der Waals surface area (Å²) in [5.41, 5.74) is -0.673. The normalized spacial score (nSPS) is 20.0. The summed E-state index contributed by atoms with van der Waals surface area (Å²) in [6.45, 7) is 0.542. The third-order valence-corrected chi connectivity index (χ3v) is 4.85. The van der Waals surface area contributed by atoms with Crippen molar-refractivity contribution >= 4 is 11.9 Å². The van der Waals surface area contributed by atoms with E-state index in [1.54, 1.807) is 19.2 Å². The number of hydrogen-bond acceptors (Lipinski definition) is 4. The van der Waals surface area contributed by atoms with E-state index in [2.05, 4.69) is 5.32 Å². The molecule has 1 spiro atoms. The van der Waals surface area contributed by atoms with Crippen molar-refractivity contribution in [1.82, 2.24) is 10.2 Å². The van der Waals surface area contributed by atoms with E-state index in [1.165, 1.54) is 4.90 Å². The Labute approximate surface area is 142 Å². The number of carbonyl (C=O) groups is 2. The van der Waals surface area contributed by atoms with E-state index in [0.29, 0.717) is 5.75 Å². The predicted molar refractivity (Wildman–Crippen MR) is 89.2 cm³/mol. The van der Waals surface area contributed by atoms with Crippen molar-refractivity contribution in [2.24, 2.45) is 0 Å². The molecule has 1 N–H and O–H groups in total. The molecule has 24 heavy (non-hydrogen) atoms. The van der Waals surface area contributed by atoms with Crippen LogP contribution < -0.4 is 14.8 Å². The zero-order valence-electron chi connectivity index (χ0n) is 14.0. The number of rotatable bonds is 5. The van der Waals surface area contributed by atoms with Crippen LogP contribution in [0.3, 0.4) is 0 Å². The highest BCUT2D eigenvalue weighted by Gasteiger charge is 2.50. The molecule has 6 heteroatoms. The Bertz CT molecular complexity index is 592. The standard InChI is InChI=1S/C18H24N2O4/c1-23-14-6-8-15(9-7-14)24-13-12-20-16(21)18(19-17(20)22)10-4-2-3-5-11-18/h6-9H,2-5,10-13H2,1H3,(H,19,22). The van der Waals surface area contributed by atoms with Gasteiger partial charge in [-0.1, -0.05) is 25.7 Å². The summed E-state index contributed by atoms with van der Waals surface area (Å²) in [4.78, 5) is 26.3. The maximum atomic E-state index is 12.7. The molecule has 1 saturated carbocycles. The maximum Gasteiger partial charge on any atom is 0.325 e. The monoisotopic (exact) mass is 332 g/mol. The van der Waals surface area contributed by atoms with Crippen LogP contribution in [0.1, 0.15) is 38.5 Å². The SMILES string of the molecule is COc1ccc(OCCN2C(=O)NC3(CCCCCC3)C2=O)cc1. The van der Waals surface area contributed by atoms with Gasteiger partial charge in [-0.3, -0.25) is 9.69 Å². The molecule has 130 valence electrons. The van der Waals surface area contributed by atoms with E-state index >= 15 is 0 Å². The summed E-state index contributed by atoms with van der Waals surface area (Å²) in [5.74, 6) is 1.35. The number of amides is 3. The molecule has 1 saturated heterocycles. The zero-order chi connectivity index (χ0) is 17.0. The lowest BCUT2D eigenvalue weighted by molar-refractivity contribution is -0.132. The van der Waals surface area contributed by atoms with E-state index in [9.17, 15) is 9.59 Å². The minimum Gasteiger partial charge on any atom is -0.497 e. The number of ether oxygens (including phenoxy) is 2. The van der Waals surface area contributed by atoms with Crippen molar-refractivity contribution in [3.8, 4) is 11.5 Å². The lowest BCUT2D eigenvalue weighted by Gasteiger charge is -2.24. The van der Waals surface area contributed by atoms with Crippen molar-refractivity contribution in [3.63, 3.8) is 0 Å². The van der Waals surface area contributed by atoms with Crippen LogP contribution in [0.4, 0.5) is 4.79 Å². The minimum absolute atomic E-state index is 0.0901. The molecular formula is C18H24N2O4. The van der Waals surface area contributed by atoms with Crippen molar-refractivity contribution in [3.05, 3.63) is 24.3 Å². The zero-order valence-corrected chi connectivity index (χ0v) is 14.0. The summed E-state index contributed by atoms with van der Waals surface area (Å²) in [6.07, 6.45) is 5.72. The lowest BCUT2D eigenvalue weighted by Crippen LogP contribution is -2.46. The fourth-order valence-electron chi connectivity index (χ4n) is 3.48. The first kappa shape index (κ1) is 16.6. The van der Waals surface area contributed by atoms with Crippen molar-refractivity contribution < 1.29 is 19.1 Å². The van der Waals surface area contributed by atoms with E-state index in [4.69, 9.17) is 9.47 Å². The first-order valence-corrected chi connectivity index (χ1v) is 8.56. The van der Waals surface area contributed by atoms with Gasteiger partial charge in [0, 0.05) is 0 Å². The highest BCUT2D eigenvalue weighted by Crippen LogP contribution is 2.32. The molecule has 3 amide bonds. The van der Waals surface area contributed by atoms with E-state index in [1.807, 2.05) is 12.1 Å². The van der Waals surface area contributed by atoms with Gasteiger partial charge in [-0.2, -0.15) is 0 Å². The Kier molecular flexibility index (Phi) is 4.92. The summed E-state index contributed by atoms with van der Waals surface area (Å²) < 4.78 is 10.7. The molecule has 1 aromatic carbocycles. The first-order chi connectivity index (χ1) is 11.6. The number of methoxy groups -OCH3 is 1. The second-order valence-electron chi connectivity index (χ2n) is 6.41. The van der Waals surface area contributed by atoms with E-state index < -0.39 is 5.54 Å². The van der Waals surface area contributed by atoms with Crippen molar-refractivity contribution in [2.75, 3.05) is 20.3 Å². The van der Waals surface area contributed by atoms with Gasteiger partial charge in [-0.15, -0.1) is 0 Å². The third kappa shape index (κ3) is 3.32. The predicted octanol–water partition coefficient (Wildman–Crippen LogP) is 2.72. The quantitative estimate of drug-likeness (QED) is 0.842. The highest BCUT2D eigenvalue weighted by molar-refractivity contribution is 6.07. The highest BCUT2D eigenvalue weighted by atomic mass is 16.5. The van der Waals surface area contributed by atoms with Gasteiger partial charge in [-0.05, 0) is 37.1 Å². The van der Waals surface area contributed by atoms with Crippen LogP contribution >= 0.6 is 0 Å². The van der Waals surface area contributed by atoms with Gasteiger partial charge in [0.15, 0.2) is 0 Å². The molecule has 2 aliphatic rings. The van der Waals surface area contributed by atoms with Crippen LogP contribution in [0, 0.1) is 0 Å². The molecule has 1 aliphatic carbocycles. The molecule has 0 aromatic heterocycles. The largest absolute Gasteiger partial charge is 0.497 e. The van der Waals surface area contributed by atoms with Gasteiger partial charge in [0.25, 0.3) is 5.91 Å². The van der Waals surface area contributed by atoms with Crippen LogP contribution in [0.2, 0.25) is 0 Å². The Morgan fingerprint density at radius 1 is 1.04 bits per heavy atom. The first-order valence-electron chi connectivity index (χ1n) is 8.56. The summed E-state index contributed by atoms with van der Waals surface area (Å²) in [5, 5.41) is 2.94. The average molecular weight is 332 g/mol. The molecule has 1 aliphatic heterocycles. The summed E-state index contributed by atoms with van der Waals surface area (Å²) >= 11 is 0. The Balaban J connectivity index is 1.56. The second-order valence-corrected chi connectivity index (χ2v) is 6.41. The van der Waals surface area contributed by atoms with Crippen molar-refractivity contribution in [1.29, 1.82) is 0 Å². The van der Waals surface area contributed by atoms with Gasteiger partial charge < -0.3 is 14.8 Å². The van der Waals surface area contributed by atoms with Crippen LogP contribution in [-0.4, -0.2) is 42.6 Å². The number of urea groups is 1. The van der Waals surface area contributed by atoms with Gasteiger partial charge in [-0.25, -0.2) is 4.79 Å². The van der Waals surface area contributed by atoms with Gasteiger partial charge in [0.1, 0.15) is 23.6 Å². The van der Waals surface area contributed by atoms with Crippen LogP contribution in [0.5, 0.6) is 11.5 Å². The molecule has 0 radical (unpaired) electrons. The second kappa shape index (κ2) is 7.11. The average Bonchev–Trinajstić information content (AvgIpc) is 2.76. The maximum absolute atomic E-state index is 12.7.